The van der Waals surface area contributed by atoms with Crippen LogP contribution in [-0.2, 0) is 6.54 Å². The van der Waals surface area contributed by atoms with Crippen LogP contribution in [0.5, 0.6) is 11.5 Å². The van der Waals surface area contributed by atoms with Gasteiger partial charge in [0.25, 0.3) is 0 Å². The fraction of sp³-hybridized carbons (Fsp3) is 0.421. The fourth-order valence-electron chi connectivity index (χ4n) is 2.31. The van der Waals surface area contributed by atoms with Crippen molar-refractivity contribution in [2.75, 3.05) is 26.7 Å². The number of guanidine groups is 1. The standard InChI is InChI=1S/C19H28N4O2/c1-4-20-19(21-11-14-23-12-5-6-13-23)22-15-16(2)25-18-9-7-17(24-3)8-10-18/h5-10,12-13,16H,4,11,14-15H2,1-3H3,(H2,20,21,22). The Morgan fingerprint density at radius 2 is 1.80 bits per heavy atom. The average molecular weight is 344 g/mol. The molecule has 1 atom stereocenters. The first-order chi connectivity index (χ1) is 12.2. The van der Waals surface area contributed by atoms with Gasteiger partial charge in [0.05, 0.1) is 13.7 Å². The van der Waals surface area contributed by atoms with Crippen molar-refractivity contribution in [1.29, 1.82) is 0 Å². The van der Waals surface area contributed by atoms with E-state index in [0.29, 0.717) is 6.54 Å². The maximum atomic E-state index is 5.88. The van der Waals surface area contributed by atoms with Gasteiger partial charge in [-0.3, -0.25) is 0 Å². The summed E-state index contributed by atoms with van der Waals surface area (Å²) >= 11 is 0. The first-order valence-electron chi connectivity index (χ1n) is 8.65. The van der Waals surface area contributed by atoms with E-state index in [2.05, 4.69) is 39.5 Å². The highest BCUT2D eigenvalue weighted by atomic mass is 16.5. The summed E-state index contributed by atoms with van der Waals surface area (Å²) in [6.45, 7) is 7.18. The largest absolute Gasteiger partial charge is 0.497 e. The number of hydrogen-bond acceptors (Lipinski definition) is 3. The van der Waals surface area contributed by atoms with Gasteiger partial charge < -0.3 is 24.7 Å². The molecular formula is C19H28N4O2. The first kappa shape index (κ1) is 18.7. The minimum Gasteiger partial charge on any atom is -0.497 e. The van der Waals surface area contributed by atoms with Crippen LogP contribution < -0.4 is 20.1 Å². The molecule has 1 heterocycles. The molecule has 0 saturated heterocycles. The summed E-state index contributed by atoms with van der Waals surface area (Å²) in [6, 6.07) is 11.6. The van der Waals surface area contributed by atoms with Gasteiger partial charge in [0.1, 0.15) is 17.6 Å². The molecule has 2 N–H and O–H groups in total. The molecule has 6 heteroatoms. The van der Waals surface area contributed by atoms with E-state index in [-0.39, 0.29) is 6.10 Å². The van der Waals surface area contributed by atoms with Crippen LogP contribution in [-0.4, -0.2) is 43.4 Å². The van der Waals surface area contributed by atoms with Gasteiger partial charge in [-0.15, -0.1) is 0 Å². The smallest absolute Gasteiger partial charge is 0.191 e. The Morgan fingerprint density at radius 1 is 1.12 bits per heavy atom. The molecule has 0 saturated carbocycles. The van der Waals surface area contributed by atoms with Gasteiger partial charge >= 0.3 is 0 Å². The molecule has 1 unspecified atom stereocenters. The molecule has 1 aromatic carbocycles. The molecule has 0 bridgehead atoms. The Balaban J connectivity index is 1.79. The molecule has 0 fully saturated rings. The van der Waals surface area contributed by atoms with Gasteiger partial charge in [0.15, 0.2) is 5.96 Å². The fourth-order valence-corrected chi connectivity index (χ4v) is 2.31. The molecule has 0 aliphatic heterocycles. The minimum atomic E-state index is -0.0201. The maximum absolute atomic E-state index is 5.88. The van der Waals surface area contributed by atoms with E-state index in [0.717, 1.165) is 37.1 Å². The van der Waals surface area contributed by atoms with Crippen LogP contribution in [0.3, 0.4) is 0 Å². The lowest BCUT2D eigenvalue weighted by Crippen LogP contribution is -2.39. The first-order valence-corrected chi connectivity index (χ1v) is 8.65. The molecule has 2 rings (SSSR count). The van der Waals surface area contributed by atoms with Crippen LogP contribution in [0.15, 0.2) is 53.8 Å². The number of hydrogen-bond donors (Lipinski definition) is 2. The van der Waals surface area contributed by atoms with Crippen molar-refractivity contribution in [3.63, 3.8) is 0 Å². The highest BCUT2D eigenvalue weighted by Crippen LogP contribution is 2.18. The number of benzene rings is 1. The summed E-state index contributed by atoms with van der Waals surface area (Å²) in [5.41, 5.74) is 0. The van der Waals surface area contributed by atoms with Crippen LogP contribution in [0, 0.1) is 0 Å². The third kappa shape index (κ3) is 6.79. The van der Waals surface area contributed by atoms with Crippen molar-refractivity contribution in [2.24, 2.45) is 4.99 Å². The van der Waals surface area contributed by atoms with Gasteiger partial charge in [-0.05, 0) is 50.2 Å². The summed E-state index contributed by atoms with van der Waals surface area (Å²) in [7, 11) is 1.65. The monoisotopic (exact) mass is 344 g/mol. The lowest BCUT2D eigenvalue weighted by Gasteiger charge is -2.15. The molecule has 0 aliphatic rings. The number of aromatic nitrogens is 1. The number of nitrogens with one attached hydrogen (secondary N) is 2. The van der Waals surface area contributed by atoms with Crippen LogP contribution in [0.25, 0.3) is 0 Å². The lowest BCUT2D eigenvalue weighted by atomic mass is 10.3. The van der Waals surface area contributed by atoms with Crippen molar-refractivity contribution in [1.82, 2.24) is 15.2 Å². The second-order valence-electron chi connectivity index (χ2n) is 5.67. The van der Waals surface area contributed by atoms with E-state index in [4.69, 9.17) is 9.47 Å². The summed E-state index contributed by atoms with van der Waals surface area (Å²) in [5.74, 6) is 2.44. The Labute approximate surface area is 149 Å². The van der Waals surface area contributed by atoms with Gasteiger partial charge in [-0.25, -0.2) is 4.99 Å². The number of aliphatic imine (C=N–C) groups is 1. The van der Waals surface area contributed by atoms with Gasteiger partial charge in [-0.1, -0.05) is 0 Å². The zero-order valence-electron chi connectivity index (χ0n) is 15.2. The predicted octanol–water partition coefficient (Wildman–Crippen LogP) is 2.52. The molecule has 0 radical (unpaired) electrons. The summed E-state index contributed by atoms with van der Waals surface area (Å²) in [5, 5.41) is 6.59. The van der Waals surface area contributed by atoms with E-state index < -0.39 is 0 Å². The second-order valence-corrected chi connectivity index (χ2v) is 5.67. The minimum absolute atomic E-state index is 0.0201. The van der Waals surface area contributed by atoms with Crippen LogP contribution in [0.4, 0.5) is 0 Å². The molecule has 2 aromatic rings. The predicted molar refractivity (Wildman–Crippen MR) is 101 cm³/mol. The normalized spacial score (nSPS) is 12.5. The quantitative estimate of drug-likeness (QED) is 0.542. The van der Waals surface area contributed by atoms with E-state index in [9.17, 15) is 0 Å². The molecule has 6 nitrogen and oxygen atoms in total. The maximum Gasteiger partial charge on any atom is 0.191 e. The average Bonchev–Trinajstić information content (AvgIpc) is 3.14. The van der Waals surface area contributed by atoms with Crippen LogP contribution >= 0.6 is 0 Å². The molecule has 0 aliphatic carbocycles. The molecule has 1 aromatic heterocycles. The van der Waals surface area contributed by atoms with Crippen LogP contribution in [0.1, 0.15) is 13.8 Å². The molecule has 136 valence electrons. The Bertz CT molecular complexity index is 623. The topological polar surface area (TPSA) is 59.8 Å². The number of rotatable bonds is 9. The number of methoxy groups -OCH3 is 1. The zero-order valence-corrected chi connectivity index (χ0v) is 15.2. The Morgan fingerprint density at radius 3 is 2.44 bits per heavy atom. The van der Waals surface area contributed by atoms with Gasteiger partial charge in [0, 0.05) is 32.0 Å². The highest BCUT2D eigenvalue weighted by molar-refractivity contribution is 5.79. The van der Waals surface area contributed by atoms with E-state index in [1.165, 1.54) is 0 Å². The molecule has 0 spiro atoms. The molecular weight excluding hydrogens is 316 g/mol. The van der Waals surface area contributed by atoms with E-state index >= 15 is 0 Å². The molecule has 0 amide bonds. The van der Waals surface area contributed by atoms with Crippen LogP contribution in [0.2, 0.25) is 0 Å². The van der Waals surface area contributed by atoms with E-state index in [1.54, 1.807) is 7.11 Å². The highest BCUT2D eigenvalue weighted by Gasteiger charge is 2.05. The lowest BCUT2D eigenvalue weighted by molar-refractivity contribution is 0.230. The van der Waals surface area contributed by atoms with Crippen molar-refractivity contribution < 1.29 is 9.47 Å². The van der Waals surface area contributed by atoms with Gasteiger partial charge in [-0.2, -0.15) is 0 Å². The van der Waals surface area contributed by atoms with E-state index in [1.807, 2.05) is 43.3 Å². The van der Waals surface area contributed by atoms with Gasteiger partial charge in [0.2, 0.25) is 0 Å². The third-order valence-corrected chi connectivity index (χ3v) is 3.58. The number of ether oxygens (including phenoxy) is 2. The SMILES string of the molecule is CCNC(=NCC(C)Oc1ccc(OC)cc1)NCCn1cccc1. The Kier molecular flexibility index (Phi) is 7.69. The number of nitrogens with zero attached hydrogens (tertiary/aromatic N) is 2. The Hall–Kier alpha value is -2.63. The van der Waals surface area contributed by atoms with Crippen molar-refractivity contribution in [3.05, 3.63) is 48.8 Å². The summed E-state index contributed by atoms with van der Waals surface area (Å²) in [6.07, 6.45) is 4.08. The second kappa shape index (κ2) is 10.3. The zero-order chi connectivity index (χ0) is 17.9. The molecule has 25 heavy (non-hydrogen) atoms. The summed E-state index contributed by atoms with van der Waals surface area (Å²) in [4.78, 5) is 4.60. The summed E-state index contributed by atoms with van der Waals surface area (Å²) < 4.78 is 13.2. The van der Waals surface area contributed by atoms with Crippen molar-refractivity contribution >= 4 is 5.96 Å². The van der Waals surface area contributed by atoms with Crippen molar-refractivity contribution in [2.45, 2.75) is 26.5 Å². The van der Waals surface area contributed by atoms with Crippen molar-refractivity contribution in [3.8, 4) is 11.5 Å². The third-order valence-electron chi connectivity index (χ3n) is 3.58.